The Balaban J connectivity index is 2.04. The van der Waals surface area contributed by atoms with E-state index in [0.717, 1.165) is 0 Å². The highest BCUT2D eigenvalue weighted by Gasteiger charge is 2.38. The highest BCUT2D eigenvalue weighted by molar-refractivity contribution is 6.23. The lowest BCUT2D eigenvalue weighted by molar-refractivity contribution is -0.384. The molecule has 0 aliphatic carbocycles. The van der Waals surface area contributed by atoms with E-state index in [1.165, 1.54) is 35.2 Å². The largest absolute Gasteiger partial charge is 0.494 e. The first-order chi connectivity index (χ1) is 14.9. The summed E-state index contributed by atoms with van der Waals surface area (Å²) in [5.41, 5.74) is 1.85. The highest BCUT2D eigenvalue weighted by atomic mass is 16.6. The Morgan fingerprint density at radius 1 is 1.06 bits per heavy atom. The molecule has 0 spiro atoms. The van der Waals surface area contributed by atoms with Crippen LogP contribution < -0.4 is 9.64 Å². The third-order valence-electron chi connectivity index (χ3n) is 4.70. The Morgan fingerprint density at radius 2 is 1.71 bits per heavy atom. The van der Waals surface area contributed by atoms with Crippen molar-refractivity contribution in [3.8, 4) is 5.75 Å². The van der Waals surface area contributed by atoms with Crippen LogP contribution in [0.2, 0.25) is 0 Å². The lowest BCUT2D eigenvalue weighted by Gasteiger charge is -2.18. The number of nitro benzene ring substituents is 1. The molecule has 0 fully saturated rings. The molecule has 3 rings (SSSR count). The van der Waals surface area contributed by atoms with Gasteiger partial charge in [0.1, 0.15) is 5.75 Å². The Labute approximate surface area is 179 Å². The molecule has 1 aliphatic heterocycles. The van der Waals surface area contributed by atoms with Crippen LogP contribution in [0.1, 0.15) is 26.3 Å². The molecular formula is C23H22N2O6. The number of ether oxygens (including phenoxy) is 2. The fourth-order valence-electron chi connectivity index (χ4n) is 3.31. The van der Waals surface area contributed by atoms with Gasteiger partial charge in [0.25, 0.3) is 11.6 Å². The zero-order valence-corrected chi connectivity index (χ0v) is 17.5. The zero-order chi connectivity index (χ0) is 22.5. The van der Waals surface area contributed by atoms with Crippen molar-refractivity contribution in [1.82, 2.24) is 0 Å². The first-order valence-electron chi connectivity index (χ1n) is 9.79. The minimum Gasteiger partial charge on any atom is -0.494 e. The number of hydrogen-bond acceptors (Lipinski definition) is 6. The van der Waals surface area contributed by atoms with E-state index in [1.807, 2.05) is 6.92 Å². The minimum atomic E-state index is -0.602. The lowest BCUT2D eigenvalue weighted by atomic mass is 10.0. The molecule has 0 aromatic heterocycles. The van der Waals surface area contributed by atoms with Gasteiger partial charge in [0, 0.05) is 23.5 Å². The van der Waals surface area contributed by atoms with Gasteiger partial charge in [0.05, 0.1) is 29.3 Å². The first kappa shape index (κ1) is 21.8. The smallest absolute Gasteiger partial charge is 0.340 e. The Morgan fingerprint density at radius 3 is 2.26 bits per heavy atom. The number of hydrogen-bond donors (Lipinski definition) is 0. The van der Waals surface area contributed by atoms with E-state index in [1.54, 1.807) is 38.1 Å². The van der Waals surface area contributed by atoms with Gasteiger partial charge in [0.2, 0.25) is 0 Å². The molecular weight excluding hydrogens is 400 g/mol. The van der Waals surface area contributed by atoms with E-state index < -0.39 is 10.9 Å². The average molecular weight is 422 g/mol. The standard InChI is InChI=1S/C23H22N2O6/c1-4-30-19-12-10-17(11-13-19)24-15(3)21(23(27)31-5-2)20(22(24)26)14-16-6-8-18(9-7-16)25(28)29/h6-14H,4-5H2,1-3H3/b20-14-. The number of non-ortho nitro benzene ring substituents is 1. The second-order valence-corrected chi connectivity index (χ2v) is 6.66. The zero-order valence-electron chi connectivity index (χ0n) is 17.5. The number of carbonyl (C=O) groups is 2. The van der Waals surface area contributed by atoms with Crippen molar-refractivity contribution in [3.63, 3.8) is 0 Å². The summed E-state index contributed by atoms with van der Waals surface area (Å²) in [6.45, 7) is 5.94. The molecule has 0 radical (unpaired) electrons. The predicted octanol–water partition coefficient (Wildman–Crippen LogP) is 4.26. The summed E-state index contributed by atoms with van der Waals surface area (Å²) in [5, 5.41) is 10.9. The summed E-state index contributed by atoms with van der Waals surface area (Å²) >= 11 is 0. The molecule has 1 aliphatic rings. The van der Waals surface area contributed by atoms with Crippen molar-refractivity contribution < 1.29 is 24.0 Å². The van der Waals surface area contributed by atoms with E-state index in [2.05, 4.69) is 0 Å². The van der Waals surface area contributed by atoms with Gasteiger partial charge in [-0.3, -0.25) is 19.8 Å². The Hall–Kier alpha value is -3.94. The van der Waals surface area contributed by atoms with Gasteiger partial charge in [-0.25, -0.2) is 4.79 Å². The number of esters is 1. The molecule has 0 N–H and O–H groups in total. The molecule has 0 bridgehead atoms. The van der Waals surface area contributed by atoms with Crippen LogP contribution in [0.25, 0.3) is 6.08 Å². The second-order valence-electron chi connectivity index (χ2n) is 6.66. The van der Waals surface area contributed by atoms with Gasteiger partial charge in [0.15, 0.2) is 0 Å². The van der Waals surface area contributed by atoms with Crippen LogP contribution in [0.4, 0.5) is 11.4 Å². The molecule has 0 atom stereocenters. The number of benzene rings is 2. The van der Waals surface area contributed by atoms with E-state index in [-0.39, 0.29) is 29.3 Å². The summed E-state index contributed by atoms with van der Waals surface area (Å²) < 4.78 is 10.6. The molecule has 0 unspecified atom stereocenters. The monoisotopic (exact) mass is 422 g/mol. The van der Waals surface area contributed by atoms with Crippen LogP contribution in [0.3, 0.4) is 0 Å². The van der Waals surface area contributed by atoms with Crippen LogP contribution in [0, 0.1) is 10.1 Å². The van der Waals surface area contributed by atoms with E-state index in [9.17, 15) is 19.7 Å². The number of nitrogens with zero attached hydrogens (tertiary/aromatic N) is 2. The second kappa shape index (κ2) is 9.25. The number of nitro groups is 1. The number of amides is 1. The third kappa shape index (κ3) is 4.48. The maximum absolute atomic E-state index is 13.3. The molecule has 8 heteroatoms. The van der Waals surface area contributed by atoms with Crippen molar-refractivity contribution >= 4 is 29.3 Å². The maximum Gasteiger partial charge on any atom is 0.340 e. The highest BCUT2D eigenvalue weighted by Crippen LogP contribution is 2.36. The summed E-state index contributed by atoms with van der Waals surface area (Å²) in [5.74, 6) is -0.315. The van der Waals surface area contributed by atoms with Crippen LogP contribution in [0.15, 0.2) is 65.4 Å². The minimum absolute atomic E-state index is 0.0618. The molecule has 1 heterocycles. The Kier molecular flexibility index (Phi) is 6.49. The lowest BCUT2D eigenvalue weighted by Crippen LogP contribution is -2.24. The quantitative estimate of drug-likeness (QED) is 0.286. The van der Waals surface area contributed by atoms with Gasteiger partial charge in [-0.2, -0.15) is 0 Å². The van der Waals surface area contributed by atoms with E-state index in [4.69, 9.17) is 9.47 Å². The molecule has 8 nitrogen and oxygen atoms in total. The first-order valence-corrected chi connectivity index (χ1v) is 9.79. The van der Waals surface area contributed by atoms with Gasteiger partial charge in [-0.1, -0.05) is 0 Å². The summed E-state index contributed by atoms with van der Waals surface area (Å²) in [4.78, 5) is 37.8. The van der Waals surface area contributed by atoms with Crippen molar-refractivity contribution in [3.05, 3.63) is 81.1 Å². The molecule has 0 saturated heterocycles. The fraction of sp³-hybridized carbons (Fsp3) is 0.217. The molecule has 2 aromatic carbocycles. The van der Waals surface area contributed by atoms with E-state index in [0.29, 0.717) is 29.3 Å². The van der Waals surface area contributed by atoms with Crippen LogP contribution in [-0.2, 0) is 14.3 Å². The molecule has 31 heavy (non-hydrogen) atoms. The normalized spacial score (nSPS) is 14.9. The SMILES string of the molecule is CCOC(=O)C1=C(C)N(c2ccc(OCC)cc2)C(=O)/C1=C\c1ccc([N+](=O)[O-])cc1. The van der Waals surface area contributed by atoms with Gasteiger partial charge >= 0.3 is 5.97 Å². The predicted molar refractivity (Wildman–Crippen MR) is 116 cm³/mol. The van der Waals surface area contributed by atoms with Crippen LogP contribution in [-0.4, -0.2) is 30.0 Å². The molecule has 1 amide bonds. The fourth-order valence-corrected chi connectivity index (χ4v) is 3.31. The number of anilines is 1. The summed E-state index contributed by atoms with van der Waals surface area (Å²) in [7, 11) is 0. The Bertz CT molecular complexity index is 1070. The average Bonchev–Trinajstić information content (AvgIpc) is 2.99. The molecule has 0 saturated carbocycles. The van der Waals surface area contributed by atoms with Crippen molar-refractivity contribution in [2.75, 3.05) is 18.1 Å². The van der Waals surface area contributed by atoms with Gasteiger partial charge in [-0.05, 0) is 68.8 Å². The van der Waals surface area contributed by atoms with Crippen LogP contribution in [0.5, 0.6) is 5.75 Å². The van der Waals surface area contributed by atoms with Gasteiger partial charge < -0.3 is 9.47 Å². The van der Waals surface area contributed by atoms with E-state index >= 15 is 0 Å². The topological polar surface area (TPSA) is 99.0 Å². The van der Waals surface area contributed by atoms with Crippen molar-refractivity contribution in [1.29, 1.82) is 0 Å². The molecule has 2 aromatic rings. The maximum atomic E-state index is 13.3. The summed E-state index contributed by atoms with van der Waals surface area (Å²) in [6.07, 6.45) is 1.54. The third-order valence-corrected chi connectivity index (χ3v) is 4.70. The van der Waals surface area contributed by atoms with Crippen LogP contribution >= 0.6 is 0 Å². The summed E-state index contributed by atoms with van der Waals surface area (Å²) in [6, 6.07) is 12.7. The van der Waals surface area contributed by atoms with Crippen molar-refractivity contribution in [2.45, 2.75) is 20.8 Å². The number of rotatable bonds is 7. The molecule has 160 valence electrons. The number of carbonyl (C=O) groups excluding carboxylic acids is 2. The van der Waals surface area contributed by atoms with Gasteiger partial charge in [-0.15, -0.1) is 0 Å². The van der Waals surface area contributed by atoms with Crippen molar-refractivity contribution in [2.24, 2.45) is 0 Å². The number of allylic oxidation sites excluding steroid dienone is 1.